The van der Waals surface area contributed by atoms with Crippen molar-refractivity contribution in [2.45, 2.75) is 64.0 Å². The molecule has 0 radical (unpaired) electrons. The molecule has 1 aliphatic heterocycles. The van der Waals surface area contributed by atoms with E-state index in [0.717, 1.165) is 25.7 Å². The lowest BCUT2D eigenvalue weighted by Crippen LogP contribution is -2.67. The second-order valence-corrected chi connectivity index (χ2v) is 7.78. The van der Waals surface area contributed by atoms with Gasteiger partial charge in [-0.1, -0.05) is 36.8 Å². The van der Waals surface area contributed by atoms with E-state index in [1.165, 1.54) is 12.0 Å². The quantitative estimate of drug-likeness (QED) is 0.553. The Kier molecular flexibility index (Phi) is 4.11. The van der Waals surface area contributed by atoms with E-state index < -0.39 is 10.3 Å². The first-order valence-corrected chi connectivity index (χ1v) is 8.71. The second kappa shape index (κ2) is 5.81. The van der Waals surface area contributed by atoms with Crippen molar-refractivity contribution in [1.82, 2.24) is 5.01 Å². The largest absolute Gasteiger partial charge is 0.601 e. The minimum atomic E-state index is -0.423. The Morgan fingerprint density at radius 3 is 2.26 bits per heavy atom. The summed E-state index contributed by atoms with van der Waals surface area (Å²) in [6.07, 6.45) is 13.0. The highest BCUT2D eigenvalue weighted by atomic mass is 16.6. The molecule has 1 aliphatic carbocycles. The predicted octanol–water partition coefficient (Wildman–Crippen LogP) is 5.22. The van der Waals surface area contributed by atoms with Crippen LogP contribution in [0, 0.1) is 5.21 Å². The molecule has 1 unspecified atom stereocenters. The molecule has 1 aromatic carbocycles. The predicted molar refractivity (Wildman–Crippen MR) is 94.7 cm³/mol. The fourth-order valence-corrected chi connectivity index (χ4v) is 4.17. The summed E-state index contributed by atoms with van der Waals surface area (Å²) in [5, 5.41) is 16.3. The van der Waals surface area contributed by atoms with Crippen LogP contribution in [-0.2, 0) is 5.54 Å². The molecule has 3 nitrogen and oxygen atoms in total. The normalized spacial score (nSPS) is 27.2. The molecular weight excluding hydrogens is 284 g/mol. The Hall–Kier alpha value is -1.58. The highest BCUT2D eigenvalue weighted by Gasteiger charge is 2.52. The molecule has 23 heavy (non-hydrogen) atoms. The molecule has 0 saturated heterocycles. The zero-order chi connectivity index (χ0) is 16.6. The van der Waals surface area contributed by atoms with Crippen LogP contribution in [0.25, 0.3) is 0 Å². The molecular formula is C20H28N2O. The number of rotatable bonds is 2. The number of benzene rings is 1. The molecule has 2 aliphatic rings. The second-order valence-electron chi connectivity index (χ2n) is 7.78. The summed E-state index contributed by atoms with van der Waals surface area (Å²) < 4.78 is -0.406. The number of hydrogen-bond donors (Lipinski definition) is 0. The van der Waals surface area contributed by atoms with Crippen LogP contribution in [0.2, 0.25) is 0 Å². The molecule has 1 saturated carbocycles. The van der Waals surface area contributed by atoms with Crippen molar-refractivity contribution in [1.29, 1.82) is 0 Å². The maximum absolute atomic E-state index is 14.3. The highest BCUT2D eigenvalue weighted by molar-refractivity contribution is 5.24. The van der Waals surface area contributed by atoms with Gasteiger partial charge >= 0.3 is 0 Å². The van der Waals surface area contributed by atoms with Crippen LogP contribution in [0.5, 0.6) is 0 Å². The van der Waals surface area contributed by atoms with Gasteiger partial charge < -0.3 is 5.21 Å². The summed E-state index contributed by atoms with van der Waals surface area (Å²) >= 11 is 0. The van der Waals surface area contributed by atoms with Crippen LogP contribution >= 0.6 is 0 Å². The molecule has 1 fully saturated rings. The Labute approximate surface area is 140 Å². The summed E-state index contributed by atoms with van der Waals surface area (Å²) in [4.78, 5) is 0. The first-order valence-electron chi connectivity index (χ1n) is 8.71. The smallest absolute Gasteiger partial charge is 0.151 e. The van der Waals surface area contributed by atoms with Crippen molar-refractivity contribution in [2.75, 3.05) is 0 Å². The molecule has 0 aromatic heterocycles. The van der Waals surface area contributed by atoms with Gasteiger partial charge in [-0.05, 0) is 45.8 Å². The summed E-state index contributed by atoms with van der Waals surface area (Å²) in [5.41, 5.74) is 0.514. The fraction of sp³-hybridized carbons (Fsp3) is 0.500. The Balaban J connectivity index is 2.15. The van der Waals surface area contributed by atoms with Crippen molar-refractivity contribution in [3.05, 3.63) is 65.7 Å². The maximum atomic E-state index is 14.3. The average Bonchev–Trinajstić information content (AvgIpc) is 2.55. The molecule has 0 amide bonds. The van der Waals surface area contributed by atoms with Crippen molar-refractivity contribution < 1.29 is 4.76 Å². The lowest BCUT2D eigenvalue weighted by Gasteiger charge is -2.62. The number of hydroxylamine groups is 2. The van der Waals surface area contributed by atoms with Crippen molar-refractivity contribution >= 4 is 0 Å². The number of hydrogen-bond acceptors (Lipinski definition) is 2. The fourth-order valence-electron chi connectivity index (χ4n) is 4.17. The molecule has 1 atom stereocenters. The van der Waals surface area contributed by atoms with Crippen LogP contribution in [0.4, 0.5) is 0 Å². The van der Waals surface area contributed by atoms with Crippen LogP contribution in [-0.4, -0.2) is 15.3 Å². The van der Waals surface area contributed by atoms with Gasteiger partial charge in [-0.15, -0.1) is 0 Å². The van der Waals surface area contributed by atoms with Gasteiger partial charge in [0.2, 0.25) is 0 Å². The van der Waals surface area contributed by atoms with E-state index in [4.69, 9.17) is 0 Å². The topological polar surface area (TPSA) is 26.3 Å². The van der Waals surface area contributed by atoms with Gasteiger partial charge in [-0.25, -0.2) is 9.76 Å². The van der Waals surface area contributed by atoms with Gasteiger partial charge in [-0.2, -0.15) is 0 Å². The maximum Gasteiger partial charge on any atom is 0.151 e. The first-order chi connectivity index (χ1) is 10.9. The SMILES string of the molecule is CC(C)(C)N1C=CC=C[N+]1([O-])C1(c2ccccc2)CCCCC1. The minimum absolute atomic E-state index is 0.234. The minimum Gasteiger partial charge on any atom is -0.601 e. The third-order valence-corrected chi connectivity index (χ3v) is 5.24. The zero-order valence-corrected chi connectivity index (χ0v) is 14.5. The Bertz CT molecular complexity index is 594. The van der Waals surface area contributed by atoms with Gasteiger partial charge in [0.15, 0.2) is 5.54 Å². The molecule has 0 N–H and O–H groups in total. The molecule has 1 heterocycles. The van der Waals surface area contributed by atoms with Gasteiger partial charge in [0.25, 0.3) is 0 Å². The van der Waals surface area contributed by atoms with Crippen molar-refractivity contribution in [2.24, 2.45) is 0 Å². The molecule has 0 bridgehead atoms. The van der Waals surface area contributed by atoms with E-state index in [-0.39, 0.29) is 5.54 Å². The lowest BCUT2D eigenvalue weighted by molar-refractivity contribution is -1.00. The lowest BCUT2D eigenvalue weighted by atomic mass is 9.75. The van der Waals surface area contributed by atoms with Crippen molar-refractivity contribution in [3.8, 4) is 0 Å². The van der Waals surface area contributed by atoms with E-state index in [9.17, 15) is 5.21 Å². The summed E-state index contributed by atoms with van der Waals surface area (Å²) in [7, 11) is 0. The van der Waals surface area contributed by atoms with Gasteiger partial charge in [0.05, 0.1) is 11.7 Å². The number of quaternary nitrogens is 1. The number of allylic oxidation sites excluding steroid dienone is 2. The molecule has 3 heteroatoms. The third kappa shape index (κ3) is 2.62. The summed E-state index contributed by atoms with van der Waals surface area (Å²) in [6.45, 7) is 6.34. The van der Waals surface area contributed by atoms with E-state index >= 15 is 0 Å². The average molecular weight is 312 g/mol. The Morgan fingerprint density at radius 1 is 1.00 bits per heavy atom. The molecule has 1 aromatic rings. The first kappa shape index (κ1) is 16.3. The Morgan fingerprint density at radius 2 is 1.65 bits per heavy atom. The van der Waals surface area contributed by atoms with Crippen LogP contribution < -0.4 is 0 Å². The standard InChI is InChI=1S/C20H28N2O/c1-19(2,3)21-16-10-11-17-22(21,23)20(14-8-5-9-15-20)18-12-6-4-7-13-18/h4,6-7,10-13,16-17H,5,8-9,14-15H2,1-3H3. The van der Waals surface area contributed by atoms with E-state index in [1.54, 1.807) is 0 Å². The highest BCUT2D eigenvalue weighted by Crippen LogP contribution is 2.50. The summed E-state index contributed by atoms with van der Waals surface area (Å²) in [5.74, 6) is 0. The van der Waals surface area contributed by atoms with Crippen LogP contribution in [0.15, 0.2) is 54.9 Å². The van der Waals surface area contributed by atoms with Gasteiger partial charge in [0.1, 0.15) is 6.20 Å². The van der Waals surface area contributed by atoms with Crippen molar-refractivity contribution in [3.63, 3.8) is 0 Å². The van der Waals surface area contributed by atoms with Crippen LogP contribution in [0.1, 0.15) is 58.4 Å². The van der Waals surface area contributed by atoms with E-state index in [0.29, 0.717) is 0 Å². The van der Waals surface area contributed by atoms with E-state index in [1.807, 2.05) is 35.6 Å². The molecule has 3 rings (SSSR count). The number of nitrogens with zero attached hydrogens (tertiary/aromatic N) is 2. The van der Waals surface area contributed by atoms with Gasteiger partial charge in [-0.3, -0.25) is 0 Å². The summed E-state index contributed by atoms with van der Waals surface area (Å²) in [6, 6.07) is 10.4. The van der Waals surface area contributed by atoms with Crippen LogP contribution in [0.3, 0.4) is 0 Å². The molecule has 0 spiro atoms. The van der Waals surface area contributed by atoms with E-state index in [2.05, 4.69) is 45.0 Å². The molecule has 124 valence electrons. The zero-order valence-electron chi connectivity index (χ0n) is 14.5. The van der Waals surface area contributed by atoms with Gasteiger partial charge in [0, 0.05) is 18.4 Å². The third-order valence-electron chi connectivity index (χ3n) is 5.24. The monoisotopic (exact) mass is 312 g/mol.